The van der Waals surface area contributed by atoms with Crippen LogP contribution in [0.3, 0.4) is 0 Å². The van der Waals surface area contributed by atoms with Crippen molar-refractivity contribution in [2.75, 3.05) is 6.79 Å². The van der Waals surface area contributed by atoms with Crippen LogP contribution in [0.15, 0.2) is 48.5 Å². The second-order valence-electron chi connectivity index (χ2n) is 5.78. The third-order valence-electron chi connectivity index (χ3n) is 4.60. The van der Waals surface area contributed by atoms with E-state index >= 15 is 0 Å². The zero-order valence-corrected chi connectivity index (χ0v) is 11.6. The van der Waals surface area contributed by atoms with E-state index in [2.05, 4.69) is 30.3 Å². The molecule has 1 aliphatic carbocycles. The lowest BCUT2D eigenvalue weighted by molar-refractivity contribution is 0.173. The zero-order valence-electron chi connectivity index (χ0n) is 11.6. The molecule has 104 valence electrons. The van der Waals surface area contributed by atoms with Gasteiger partial charge in [0.25, 0.3) is 0 Å². The van der Waals surface area contributed by atoms with Gasteiger partial charge in [-0.1, -0.05) is 36.4 Å². The molecule has 3 heteroatoms. The van der Waals surface area contributed by atoms with Gasteiger partial charge in [-0.15, -0.1) is 0 Å². The molecule has 2 aromatic carbocycles. The van der Waals surface area contributed by atoms with Crippen LogP contribution in [0.1, 0.15) is 29.9 Å². The average molecular weight is 277 g/mol. The van der Waals surface area contributed by atoms with Crippen molar-refractivity contribution in [3.05, 3.63) is 59.7 Å². The molecule has 2 aromatic rings. The van der Waals surface area contributed by atoms with E-state index in [1.54, 1.807) is 0 Å². The fourth-order valence-corrected chi connectivity index (χ4v) is 3.33. The second-order valence-corrected chi connectivity index (χ2v) is 5.78. The van der Waals surface area contributed by atoms with Crippen molar-refractivity contribution < 1.29 is 9.47 Å². The predicted octanol–water partition coefficient (Wildman–Crippen LogP) is 3.75. The van der Waals surface area contributed by atoms with E-state index in [-0.39, 0.29) is 12.2 Å². The van der Waals surface area contributed by atoms with Gasteiger partial charge in [-0.2, -0.15) is 5.26 Å². The Morgan fingerprint density at radius 3 is 2.52 bits per heavy atom. The molecule has 0 saturated heterocycles. The Bertz CT molecular complexity index is 712. The first-order valence-corrected chi connectivity index (χ1v) is 7.17. The molecule has 0 N–H and O–H groups in total. The number of fused-ring (bicyclic) bond motifs is 1. The maximum Gasteiger partial charge on any atom is 0.231 e. The molecular weight excluding hydrogens is 262 g/mol. The van der Waals surface area contributed by atoms with Crippen molar-refractivity contribution >= 4 is 0 Å². The molecule has 1 fully saturated rings. The highest BCUT2D eigenvalue weighted by molar-refractivity contribution is 5.50. The standard InChI is InChI=1S/C18H15NO2/c19-11-18(9-14(10-18)13-4-2-1-3-5-13)15-6-7-16-17(8-15)21-12-20-16/h1-8,14H,9-10,12H2. The molecule has 1 aliphatic heterocycles. The third kappa shape index (κ3) is 1.87. The second kappa shape index (κ2) is 4.53. The van der Waals surface area contributed by atoms with Crippen molar-refractivity contribution in [3.8, 4) is 17.6 Å². The highest BCUT2D eigenvalue weighted by Crippen LogP contribution is 2.53. The molecule has 4 rings (SSSR count). The highest BCUT2D eigenvalue weighted by atomic mass is 16.7. The summed E-state index contributed by atoms with van der Waals surface area (Å²) in [5.41, 5.74) is 1.98. The molecular formula is C18H15NO2. The van der Waals surface area contributed by atoms with Gasteiger partial charge in [0.1, 0.15) is 0 Å². The van der Waals surface area contributed by atoms with E-state index < -0.39 is 0 Å². The van der Waals surface area contributed by atoms with Crippen LogP contribution in [-0.2, 0) is 5.41 Å². The van der Waals surface area contributed by atoms with Gasteiger partial charge in [0, 0.05) is 0 Å². The van der Waals surface area contributed by atoms with E-state index in [9.17, 15) is 5.26 Å². The molecule has 21 heavy (non-hydrogen) atoms. The summed E-state index contributed by atoms with van der Waals surface area (Å²) in [5.74, 6) is 1.99. The monoisotopic (exact) mass is 277 g/mol. The van der Waals surface area contributed by atoms with E-state index in [0.29, 0.717) is 5.92 Å². The molecule has 0 atom stereocenters. The van der Waals surface area contributed by atoms with Gasteiger partial charge < -0.3 is 9.47 Å². The fraction of sp³-hybridized carbons (Fsp3) is 0.278. The number of hydrogen-bond donors (Lipinski definition) is 0. The Balaban J connectivity index is 1.61. The molecule has 1 saturated carbocycles. The average Bonchev–Trinajstić information content (AvgIpc) is 2.95. The van der Waals surface area contributed by atoms with Gasteiger partial charge in [-0.05, 0) is 42.0 Å². The Labute approximate surface area is 123 Å². The van der Waals surface area contributed by atoms with Crippen LogP contribution in [0.4, 0.5) is 0 Å². The van der Waals surface area contributed by atoms with Gasteiger partial charge in [-0.25, -0.2) is 0 Å². The fourth-order valence-electron chi connectivity index (χ4n) is 3.33. The summed E-state index contributed by atoms with van der Waals surface area (Å²) in [7, 11) is 0. The van der Waals surface area contributed by atoms with Crippen LogP contribution in [-0.4, -0.2) is 6.79 Å². The summed E-state index contributed by atoms with van der Waals surface area (Å²) in [6.07, 6.45) is 1.74. The highest BCUT2D eigenvalue weighted by Gasteiger charge is 2.47. The summed E-state index contributed by atoms with van der Waals surface area (Å²) in [5, 5.41) is 9.68. The smallest absolute Gasteiger partial charge is 0.231 e. The number of nitriles is 1. The Kier molecular flexibility index (Phi) is 2.65. The van der Waals surface area contributed by atoms with Crippen molar-refractivity contribution in [1.29, 1.82) is 5.26 Å². The maximum absolute atomic E-state index is 9.68. The quantitative estimate of drug-likeness (QED) is 0.839. The minimum atomic E-state index is -0.387. The minimum absolute atomic E-state index is 0.269. The van der Waals surface area contributed by atoms with Crippen LogP contribution >= 0.6 is 0 Å². The van der Waals surface area contributed by atoms with Gasteiger partial charge in [0.15, 0.2) is 11.5 Å². The summed E-state index contributed by atoms with van der Waals surface area (Å²) in [6.45, 7) is 0.269. The number of hydrogen-bond acceptors (Lipinski definition) is 3. The maximum atomic E-state index is 9.68. The molecule has 0 aromatic heterocycles. The summed E-state index contributed by atoms with van der Waals surface area (Å²) >= 11 is 0. The molecule has 3 nitrogen and oxygen atoms in total. The van der Waals surface area contributed by atoms with Gasteiger partial charge in [0.05, 0.1) is 11.5 Å². The van der Waals surface area contributed by atoms with Crippen LogP contribution < -0.4 is 9.47 Å². The van der Waals surface area contributed by atoms with Crippen LogP contribution in [0.5, 0.6) is 11.5 Å². The molecule has 0 radical (unpaired) electrons. The number of rotatable bonds is 2. The summed E-state index contributed by atoms with van der Waals surface area (Å²) in [6, 6.07) is 18.8. The largest absolute Gasteiger partial charge is 0.454 e. The normalized spacial score (nSPS) is 26.0. The number of benzene rings is 2. The minimum Gasteiger partial charge on any atom is -0.454 e. The molecule has 0 spiro atoms. The molecule has 2 aliphatic rings. The summed E-state index contributed by atoms with van der Waals surface area (Å²) < 4.78 is 10.8. The number of ether oxygens (including phenoxy) is 2. The van der Waals surface area contributed by atoms with E-state index in [4.69, 9.17) is 9.47 Å². The summed E-state index contributed by atoms with van der Waals surface area (Å²) in [4.78, 5) is 0. The van der Waals surface area contributed by atoms with Crippen molar-refractivity contribution in [2.24, 2.45) is 0 Å². The van der Waals surface area contributed by atoms with Crippen molar-refractivity contribution in [2.45, 2.75) is 24.2 Å². The SMILES string of the molecule is N#CC1(c2ccc3c(c2)OCO3)CC(c2ccccc2)C1. The van der Waals surface area contributed by atoms with E-state index in [1.165, 1.54) is 5.56 Å². The van der Waals surface area contributed by atoms with Crippen LogP contribution in [0.25, 0.3) is 0 Å². The topological polar surface area (TPSA) is 42.2 Å². The van der Waals surface area contributed by atoms with Crippen molar-refractivity contribution in [3.63, 3.8) is 0 Å². The first kappa shape index (κ1) is 12.3. The molecule has 0 bridgehead atoms. The first-order chi connectivity index (χ1) is 10.3. The Morgan fingerprint density at radius 1 is 1.00 bits per heavy atom. The predicted molar refractivity (Wildman–Crippen MR) is 78.3 cm³/mol. The Morgan fingerprint density at radius 2 is 1.76 bits per heavy atom. The molecule has 0 amide bonds. The third-order valence-corrected chi connectivity index (χ3v) is 4.60. The molecule has 0 unspecified atom stereocenters. The Hall–Kier alpha value is -2.47. The van der Waals surface area contributed by atoms with Crippen molar-refractivity contribution in [1.82, 2.24) is 0 Å². The first-order valence-electron chi connectivity index (χ1n) is 7.17. The zero-order chi connectivity index (χ0) is 14.3. The lowest BCUT2D eigenvalue weighted by Gasteiger charge is -2.43. The van der Waals surface area contributed by atoms with Gasteiger partial charge in [0.2, 0.25) is 6.79 Å². The van der Waals surface area contributed by atoms with Crippen LogP contribution in [0.2, 0.25) is 0 Å². The number of nitrogens with zero attached hydrogens (tertiary/aromatic N) is 1. The molecule has 1 heterocycles. The van der Waals surface area contributed by atoms with Gasteiger partial charge >= 0.3 is 0 Å². The van der Waals surface area contributed by atoms with E-state index in [1.807, 2.05) is 24.3 Å². The van der Waals surface area contributed by atoms with E-state index in [0.717, 1.165) is 29.9 Å². The lowest BCUT2D eigenvalue weighted by Crippen LogP contribution is -2.38. The van der Waals surface area contributed by atoms with Gasteiger partial charge in [-0.3, -0.25) is 0 Å². The lowest BCUT2D eigenvalue weighted by atomic mass is 9.58. The van der Waals surface area contributed by atoms with Crippen LogP contribution in [0, 0.1) is 11.3 Å².